The van der Waals surface area contributed by atoms with E-state index in [2.05, 4.69) is 32.4 Å². The Balaban J connectivity index is 1.48. The lowest BCUT2D eigenvalue weighted by Crippen LogP contribution is -2.27. The van der Waals surface area contributed by atoms with Gasteiger partial charge in [-0.3, -0.25) is 15.0 Å². The van der Waals surface area contributed by atoms with Crippen molar-refractivity contribution in [2.75, 3.05) is 5.32 Å². The van der Waals surface area contributed by atoms with E-state index in [4.69, 9.17) is 17.3 Å². The van der Waals surface area contributed by atoms with E-state index >= 15 is 0 Å². The maximum absolute atomic E-state index is 6.48. The van der Waals surface area contributed by atoms with Gasteiger partial charge in [0.25, 0.3) is 0 Å². The first-order valence-corrected chi connectivity index (χ1v) is 10.5. The Morgan fingerprint density at radius 2 is 1.90 bits per heavy atom. The van der Waals surface area contributed by atoms with Crippen LogP contribution in [0.5, 0.6) is 0 Å². The molecule has 1 aliphatic rings. The maximum atomic E-state index is 6.48. The van der Waals surface area contributed by atoms with Gasteiger partial charge in [0.2, 0.25) is 0 Å². The summed E-state index contributed by atoms with van der Waals surface area (Å²) in [7, 11) is 0. The number of halogens is 1. The smallest absolute Gasteiger partial charge is 0.0668 e. The molecule has 0 radical (unpaired) electrons. The molecule has 1 aliphatic carbocycles. The predicted octanol–water partition coefficient (Wildman–Crippen LogP) is 4.86. The van der Waals surface area contributed by atoms with Crippen molar-refractivity contribution >= 4 is 17.3 Å². The Labute approximate surface area is 176 Å². The standard InChI is InChI=1S/C23H26ClN5/c24-23-15-29-20(8-16-3-5-19(25)6-4-16)10-22(23)18-9-21(14-27-13-18)28-12-17-2-1-7-26-11-17/h1-2,7,9-11,13-16,19,28H,3-6,8,12,25H2. The molecule has 0 bridgehead atoms. The summed E-state index contributed by atoms with van der Waals surface area (Å²) in [5.41, 5.74) is 11.1. The summed E-state index contributed by atoms with van der Waals surface area (Å²) in [6, 6.07) is 8.53. The van der Waals surface area contributed by atoms with Crippen LogP contribution >= 0.6 is 11.6 Å². The van der Waals surface area contributed by atoms with Crippen LogP contribution in [0, 0.1) is 5.92 Å². The van der Waals surface area contributed by atoms with E-state index in [-0.39, 0.29) is 0 Å². The zero-order valence-corrected chi connectivity index (χ0v) is 17.1. The van der Waals surface area contributed by atoms with Crippen molar-refractivity contribution in [1.29, 1.82) is 0 Å². The molecule has 1 saturated carbocycles. The van der Waals surface area contributed by atoms with Crippen LogP contribution in [0.15, 0.2) is 55.2 Å². The summed E-state index contributed by atoms with van der Waals surface area (Å²) in [6.45, 7) is 0.693. The fraction of sp³-hybridized carbons (Fsp3) is 0.348. The zero-order valence-electron chi connectivity index (χ0n) is 16.4. The van der Waals surface area contributed by atoms with Gasteiger partial charge >= 0.3 is 0 Å². The summed E-state index contributed by atoms with van der Waals surface area (Å²) >= 11 is 6.48. The van der Waals surface area contributed by atoms with Crippen LogP contribution in [0.4, 0.5) is 5.69 Å². The molecule has 6 heteroatoms. The third-order valence-corrected chi connectivity index (χ3v) is 5.87. The van der Waals surface area contributed by atoms with E-state index in [1.807, 2.05) is 30.7 Å². The lowest BCUT2D eigenvalue weighted by atomic mass is 9.83. The maximum Gasteiger partial charge on any atom is 0.0668 e. The molecule has 3 aromatic heterocycles. The van der Waals surface area contributed by atoms with Gasteiger partial charge in [-0.1, -0.05) is 17.7 Å². The molecule has 0 aliphatic heterocycles. The van der Waals surface area contributed by atoms with Crippen molar-refractivity contribution in [3.8, 4) is 11.1 Å². The molecular formula is C23H26ClN5. The van der Waals surface area contributed by atoms with E-state index in [1.165, 1.54) is 12.8 Å². The van der Waals surface area contributed by atoms with Crippen LogP contribution in [0.25, 0.3) is 11.1 Å². The summed E-state index contributed by atoms with van der Waals surface area (Å²) < 4.78 is 0. The fourth-order valence-electron chi connectivity index (χ4n) is 3.89. The average Bonchev–Trinajstić information content (AvgIpc) is 2.76. The van der Waals surface area contributed by atoms with Crippen molar-refractivity contribution in [3.05, 3.63) is 71.5 Å². The van der Waals surface area contributed by atoms with Gasteiger partial charge in [0.1, 0.15) is 0 Å². The van der Waals surface area contributed by atoms with Gasteiger partial charge in [0.15, 0.2) is 0 Å². The Morgan fingerprint density at radius 1 is 1.03 bits per heavy atom. The van der Waals surface area contributed by atoms with E-state index in [1.54, 1.807) is 12.4 Å². The van der Waals surface area contributed by atoms with E-state index in [9.17, 15) is 0 Å². The van der Waals surface area contributed by atoms with Crippen LogP contribution in [-0.2, 0) is 13.0 Å². The summed E-state index contributed by atoms with van der Waals surface area (Å²) in [5, 5.41) is 4.05. The first-order chi connectivity index (χ1) is 14.2. The predicted molar refractivity (Wildman–Crippen MR) is 118 cm³/mol. The number of nitrogens with two attached hydrogens (primary N) is 1. The molecule has 0 atom stereocenters. The topological polar surface area (TPSA) is 76.7 Å². The second-order valence-electron chi connectivity index (χ2n) is 7.82. The highest BCUT2D eigenvalue weighted by molar-refractivity contribution is 6.33. The number of hydrogen-bond acceptors (Lipinski definition) is 5. The Bertz CT molecular complexity index is 939. The minimum atomic E-state index is 0.368. The van der Waals surface area contributed by atoms with Crippen molar-refractivity contribution in [2.45, 2.75) is 44.7 Å². The highest BCUT2D eigenvalue weighted by atomic mass is 35.5. The van der Waals surface area contributed by atoms with Crippen molar-refractivity contribution in [1.82, 2.24) is 15.0 Å². The van der Waals surface area contributed by atoms with Crippen molar-refractivity contribution in [3.63, 3.8) is 0 Å². The highest BCUT2D eigenvalue weighted by Gasteiger charge is 2.19. The van der Waals surface area contributed by atoms with Crippen LogP contribution < -0.4 is 11.1 Å². The van der Waals surface area contributed by atoms with Crippen LogP contribution in [0.1, 0.15) is 36.9 Å². The van der Waals surface area contributed by atoms with Gasteiger partial charge in [-0.15, -0.1) is 0 Å². The summed E-state index contributed by atoms with van der Waals surface area (Å²) in [4.78, 5) is 13.1. The van der Waals surface area contributed by atoms with Gasteiger partial charge in [-0.2, -0.15) is 0 Å². The molecule has 1 fully saturated rings. The van der Waals surface area contributed by atoms with E-state index in [0.717, 1.165) is 47.3 Å². The summed E-state index contributed by atoms with van der Waals surface area (Å²) in [6.07, 6.45) is 14.6. The largest absolute Gasteiger partial charge is 0.380 e. The Morgan fingerprint density at radius 3 is 2.69 bits per heavy atom. The van der Waals surface area contributed by atoms with Gasteiger partial charge in [0, 0.05) is 60.4 Å². The number of nitrogens with zero attached hydrogens (tertiary/aromatic N) is 3. The molecule has 3 aromatic rings. The normalized spacial score (nSPS) is 19.1. The SMILES string of the molecule is NC1CCC(Cc2cc(-c3cncc(NCc4cccnc4)c3)c(Cl)cn2)CC1. The monoisotopic (exact) mass is 407 g/mol. The van der Waals surface area contributed by atoms with Crippen molar-refractivity contribution in [2.24, 2.45) is 11.7 Å². The quantitative estimate of drug-likeness (QED) is 0.609. The Hall–Kier alpha value is -2.50. The lowest BCUT2D eigenvalue weighted by Gasteiger charge is -2.25. The highest BCUT2D eigenvalue weighted by Crippen LogP contribution is 2.31. The van der Waals surface area contributed by atoms with Gasteiger partial charge in [-0.05, 0) is 61.8 Å². The fourth-order valence-corrected chi connectivity index (χ4v) is 4.11. The number of rotatable bonds is 6. The molecule has 0 saturated heterocycles. The molecule has 3 heterocycles. The average molecular weight is 408 g/mol. The minimum absolute atomic E-state index is 0.368. The molecule has 0 unspecified atom stereocenters. The number of hydrogen-bond donors (Lipinski definition) is 2. The van der Waals surface area contributed by atoms with Crippen LogP contribution in [-0.4, -0.2) is 21.0 Å². The number of aromatic nitrogens is 3. The van der Waals surface area contributed by atoms with Crippen LogP contribution in [0.3, 0.4) is 0 Å². The second kappa shape index (κ2) is 9.33. The van der Waals surface area contributed by atoms with Crippen molar-refractivity contribution < 1.29 is 0 Å². The minimum Gasteiger partial charge on any atom is -0.380 e. The van der Waals surface area contributed by atoms with E-state index < -0.39 is 0 Å². The zero-order chi connectivity index (χ0) is 20.1. The first kappa shape index (κ1) is 19.8. The third kappa shape index (κ3) is 5.31. The molecule has 5 nitrogen and oxygen atoms in total. The van der Waals surface area contributed by atoms with Crippen LogP contribution in [0.2, 0.25) is 5.02 Å². The molecule has 4 rings (SSSR count). The molecule has 3 N–H and O–H groups in total. The second-order valence-corrected chi connectivity index (χ2v) is 8.22. The number of pyridine rings is 3. The Kier molecular flexibility index (Phi) is 6.37. The van der Waals surface area contributed by atoms with Gasteiger partial charge < -0.3 is 11.1 Å². The molecule has 0 amide bonds. The number of anilines is 1. The van der Waals surface area contributed by atoms with Gasteiger partial charge in [-0.25, -0.2) is 0 Å². The molecule has 150 valence electrons. The number of nitrogens with one attached hydrogen (secondary N) is 1. The molecule has 29 heavy (non-hydrogen) atoms. The first-order valence-electron chi connectivity index (χ1n) is 10.2. The molecular weight excluding hydrogens is 382 g/mol. The molecule has 0 spiro atoms. The van der Waals surface area contributed by atoms with E-state index in [0.29, 0.717) is 23.5 Å². The molecule has 0 aromatic carbocycles. The van der Waals surface area contributed by atoms with Gasteiger partial charge in [0.05, 0.1) is 10.7 Å². The summed E-state index contributed by atoms with van der Waals surface area (Å²) in [5.74, 6) is 0.655. The third-order valence-electron chi connectivity index (χ3n) is 5.57. The lowest BCUT2D eigenvalue weighted by molar-refractivity contribution is 0.323.